The normalized spacial score (nSPS) is 10.7. The van der Waals surface area contributed by atoms with E-state index < -0.39 is 5.97 Å². The number of carbonyl (C=O) groups excluding carboxylic acids is 2. The average molecular weight is 399 g/mol. The van der Waals surface area contributed by atoms with Gasteiger partial charge in [-0.2, -0.15) is 0 Å². The summed E-state index contributed by atoms with van der Waals surface area (Å²) in [6.45, 7) is 1.97. The van der Waals surface area contributed by atoms with E-state index in [1.165, 1.54) is 0 Å². The van der Waals surface area contributed by atoms with Gasteiger partial charge in [0.15, 0.2) is 6.61 Å². The van der Waals surface area contributed by atoms with Gasteiger partial charge in [0, 0.05) is 12.2 Å². The molecule has 0 fully saturated rings. The summed E-state index contributed by atoms with van der Waals surface area (Å²) in [4.78, 5) is 28.9. The summed E-state index contributed by atoms with van der Waals surface area (Å²) >= 11 is 0. The predicted molar refractivity (Wildman–Crippen MR) is 114 cm³/mol. The molecule has 0 aliphatic heterocycles. The first-order chi connectivity index (χ1) is 14.6. The Bertz CT molecular complexity index is 1180. The molecule has 1 N–H and O–H groups in total. The summed E-state index contributed by atoms with van der Waals surface area (Å²) in [5.74, 6) is -0.0850. The molecular weight excluding hydrogens is 378 g/mol. The smallest absolute Gasteiger partial charge is 0.338 e. The highest BCUT2D eigenvalue weighted by Gasteiger charge is 2.14. The van der Waals surface area contributed by atoms with E-state index in [4.69, 9.17) is 4.74 Å². The van der Waals surface area contributed by atoms with E-state index in [9.17, 15) is 9.59 Å². The van der Waals surface area contributed by atoms with Gasteiger partial charge in [-0.15, -0.1) is 0 Å². The van der Waals surface area contributed by atoms with Crippen LogP contribution in [0.3, 0.4) is 0 Å². The van der Waals surface area contributed by atoms with Gasteiger partial charge in [-0.05, 0) is 42.8 Å². The summed E-state index contributed by atoms with van der Waals surface area (Å²) in [5, 5.41) is 2.73. The number of nitrogens with one attached hydrogen (secondary N) is 1. The number of benzene rings is 3. The van der Waals surface area contributed by atoms with Gasteiger partial charge in [0.25, 0.3) is 5.91 Å². The van der Waals surface area contributed by atoms with Crippen LogP contribution in [0.4, 0.5) is 0 Å². The van der Waals surface area contributed by atoms with Crippen molar-refractivity contribution in [3.63, 3.8) is 0 Å². The molecule has 0 radical (unpaired) electrons. The number of ether oxygens (including phenoxy) is 1. The second-order valence-electron chi connectivity index (χ2n) is 6.87. The maximum Gasteiger partial charge on any atom is 0.338 e. The third kappa shape index (κ3) is 4.22. The second kappa shape index (κ2) is 8.61. The van der Waals surface area contributed by atoms with Gasteiger partial charge in [-0.25, -0.2) is 9.78 Å². The zero-order valence-corrected chi connectivity index (χ0v) is 16.5. The van der Waals surface area contributed by atoms with Crippen molar-refractivity contribution < 1.29 is 14.3 Å². The Balaban J connectivity index is 1.42. The Morgan fingerprint density at radius 3 is 2.40 bits per heavy atom. The van der Waals surface area contributed by atoms with Crippen molar-refractivity contribution in [1.82, 2.24) is 14.9 Å². The van der Waals surface area contributed by atoms with Crippen molar-refractivity contribution >= 4 is 22.9 Å². The molecular formula is C24H21N3O3. The molecule has 30 heavy (non-hydrogen) atoms. The van der Waals surface area contributed by atoms with Gasteiger partial charge >= 0.3 is 5.97 Å². The van der Waals surface area contributed by atoms with Gasteiger partial charge in [0.2, 0.25) is 0 Å². The largest absolute Gasteiger partial charge is 0.452 e. The van der Waals surface area contributed by atoms with E-state index >= 15 is 0 Å². The number of aryl methyl sites for hydroxylation is 1. The van der Waals surface area contributed by atoms with Crippen molar-refractivity contribution in [3.8, 4) is 5.69 Å². The molecule has 6 nitrogen and oxygen atoms in total. The standard InChI is InChI=1S/C24H21N3O3/c1-17-26-21-14-19(12-13-22(21)27(17)20-10-6-3-7-11-20)24(29)30-16-23(28)25-15-18-8-4-2-5-9-18/h2-14H,15-16H2,1H3,(H,25,28). The Labute approximate surface area is 174 Å². The third-order valence-electron chi connectivity index (χ3n) is 4.74. The molecule has 0 aliphatic rings. The number of amides is 1. The number of hydrogen-bond acceptors (Lipinski definition) is 4. The molecule has 4 aromatic rings. The highest BCUT2D eigenvalue weighted by molar-refractivity contribution is 5.95. The van der Waals surface area contributed by atoms with Crippen LogP contribution in [0.5, 0.6) is 0 Å². The molecule has 4 rings (SSSR count). The molecule has 1 amide bonds. The van der Waals surface area contributed by atoms with Crippen LogP contribution in [0.1, 0.15) is 21.7 Å². The summed E-state index contributed by atoms with van der Waals surface area (Å²) in [5.41, 5.74) is 3.93. The zero-order valence-electron chi connectivity index (χ0n) is 16.5. The number of fused-ring (bicyclic) bond motifs is 1. The SMILES string of the molecule is Cc1nc2cc(C(=O)OCC(=O)NCc3ccccc3)ccc2n1-c1ccccc1. The molecule has 0 unspecified atom stereocenters. The highest BCUT2D eigenvalue weighted by Crippen LogP contribution is 2.22. The number of carbonyl (C=O) groups is 2. The quantitative estimate of drug-likeness (QED) is 0.501. The lowest BCUT2D eigenvalue weighted by Gasteiger charge is -2.08. The van der Waals surface area contributed by atoms with Crippen molar-refractivity contribution in [2.24, 2.45) is 0 Å². The first kappa shape index (κ1) is 19.4. The third-order valence-corrected chi connectivity index (χ3v) is 4.74. The molecule has 6 heteroatoms. The first-order valence-electron chi connectivity index (χ1n) is 9.64. The van der Waals surface area contributed by atoms with Crippen molar-refractivity contribution in [2.75, 3.05) is 6.61 Å². The minimum Gasteiger partial charge on any atom is -0.452 e. The zero-order chi connectivity index (χ0) is 20.9. The minimum atomic E-state index is -0.557. The maximum atomic E-state index is 12.4. The Morgan fingerprint density at radius 2 is 1.67 bits per heavy atom. The van der Waals surface area contributed by atoms with Crippen LogP contribution in [0.15, 0.2) is 78.9 Å². The lowest BCUT2D eigenvalue weighted by atomic mass is 10.2. The fourth-order valence-electron chi connectivity index (χ4n) is 3.29. The van der Waals surface area contributed by atoms with E-state index in [-0.39, 0.29) is 12.5 Å². The highest BCUT2D eigenvalue weighted by atomic mass is 16.5. The van der Waals surface area contributed by atoms with Crippen LogP contribution in [0, 0.1) is 6.92 Å². The second-order valence-corrected chi connectivity index (χ2v) is 6.87. The molecule has 0 bridgehead atoms. The molecule has 0 saturated carbocycles. The van der Waals surface area contributed by atoms with Crippen molar-refractivity contribution in [3.05, 3.63) is 95.8 Å². The number of nitrogens with zero attached hydrogens (tertiary/aromatic N) is 2. The van der Waals surface area contributed by atoms with Gasteiger partial charge in [-0.1, -0.05) is 48.5 Å². The Morgan fingerprint density at radius 1 is 0.967 bits per heavy atom. The first-order valence-corrected chi connectivity index (χ1v) is 9.64. The lowest BCUT2D eigenvalue weighted by Crippen LogP contribution is -2.28. The van der Waals surface area contributed by atoms with E-state index in [0.717, 1.165) is 22.6 Å². The van der Waals surface area contributed by atoms with Gasteiger partial charge in [0.1, 0.15) is 5.82 Å². The van der Waals surface area contributed by atoms with Crippen molar-refractivity contribution in [1.29, 1.82) is 0 Å². The minimum absolute atomic E-state index is 0.332. The fourth-order valence-corrected chi connectivity index (χ4v) is 3.29. The van der Waals surface area contributed by atoms with Crippen molar-refractivity contribution in [2.45, 2.75) is 13.5 Å². The molecule has 0 spiro atoms. The monoisotopic (exact) mass is 399 g/mol. The lowest BCUT2D eigenvalue weighted by molar-refractivity contribution is -0.124. The number of esters is 1. The molecule has 1 aromatic heterocycles. The topological polar surface area (TPSA) is 73.2 Å². The number of rotatable bonds is 6. The number of para-hydroxylation sites is 1. The molecule has 0 atom stereocenters. The molecule has 1 heterocycles. The van der Waals surface area contributed by atoms with E-state index in [1.54, 1.807) is 12.1 Å². The molecule has 3 aromatic carbocycles. The van der Waals surface area contributed by atoms with Gasteiger partial charge < -0.3 is 10.1 Å². The van der Waals surface area contributed by atoms with Crippen LogP contribution in [-0.4, -0.2) is 28.0 Å². The van der Waals surface area contributed by atoms with Gasteiger partial charge in [0.05, 0.1) is 16.6 Å². The summed E-state index contributed by atoms with van der Waals surface area (Å²) in [6, 6.07) is 24.7. The summed E-state index contributed by atoms with van der Waals surface area (Å²) in [7, 11) is 0. The maximum absolute atomic E-state index is 12.4. The number of aromatic nitrogens is 2. The Kier molecular flexibility index (Phi) is 5.57. The average Bonchev–Trinajstić information content (AvgIpc) is 3.12. The van der Waals surface area contributed by atoms with Gasteiger partial charge in [-0.3, -0.25) is 9.36 Å². The summed E-state index contributed by atoms with van der Waals surface area (Å²) < 4.78 is 7.19. The Hall–Kier alpha value is -3.93. The van der Waals surface area contributed by atoms with Crippen LogP contribution >= 0.6 is 0 Å². The van der Waals surface area contributed by atoms with E-state index in [1.807, 2.05) is 78.2 Å². The number of imidazole rings is 1. The number of hydrogen-bond donors (Lipinski definition) is 1. The fraction of sp³-hybridized carbons (Fsp3) is 0.125. The van der Waals surface area contributed by atoms with Crippen LogP contribution in [-0.2, 0) is 16.1 Å². The van der Waals surface area contributed by atoms with Crippen LogP contribution < -0.4 is 5.32 Å². The molecule has 0 saturated heterocycles. The van der Waals surface area contributed by atoms with E-state index in [0.29, 0.717) is 17.6 Å². The van der Waals surface area contributed by atoms with Crippen LogP contribution in [0.2, 0.25) is 0 Å². The summed E-state index contributed by atoms with van der Waals surface area (Å²) in [6.07, 6.45) is 0. The molecule has 0 aliphatic carbocycles. The molecule has 150 valence electrons. The predicted octanol–water partition coefficient (Wildman–Crippen LogP) is 3.81. The van der Waals surface area contributed by atoms with Crippen LogP contribution in [0.25, 0.3) is 16.7 Å². The van der Waals surface area contributed by atoms with E-state index in [2.05, 4.69) is 10.3 Å².